The zero-order valence-electron chi connectivity index (χ0n) is 17.7. The monoisotopic (exact) mass is 409 g/mol. The van der Waals surface area contributed by atoms with Gasteiger partial charge in [-0.1, -0.05) is 48.5 Å². The number of ether oxygens (including phenoxy) is 1. The van der Waals surface area contributed by atoms with Crippen LogP contribution in [-0.2, 0) is 20.7 Å². The Hall–Kier alpha value is -2.70. The van der Waals surface area contributed by atoms with Crippen LogP contribution in [0.25, 0.3) is 0 Å². The van der Waals surface area contributed by atoms with Gasteiger partial charge in [0.05, 0.1) is 13.2 Å². The number of carbonyl (C=O) groups excluding carboxylic acids is 2. The topological polar surface area (TPSA) is 53.1 Å². The molecule has 0 bridgehead atoms. The fourth-order valence-electron chi connectivity index (χ4n) is 3.65. The van der Waals surface area contributed by atoms with E-state index in [0.29, 0.717) is 13.2 Å². The molecule has 0 N–H and O–H groups in total. The van der Waals surface area contributed by atoms with Crippen LogP contribution in [0.1, 0.15) is 12.5 Å². The maximum atomic E-state index is 13.0. The van der Waals surface area contributed by atoms with E-state index in [2.05, 4.69) is 34.1 Å². The zero-order valence-corrected chi connectivity index (χ0v) is 17.7. The van der Waals surface area contributed by atoms with Gasteiger partial charge in [-0.25, -0.2) is 0 Å². The van der Waals surface area contributed by atoms with Gasteiger partial charge in [0.15, 0.2) is 0 Å². The number of para-hydroxylation sites is 1. The van der Waals surface area contributed by atoms with Crippen LogP contribution in [0.3, 0.4) is 0 Å². The Balaban J connectivity index is 1.50. The first-order valence-corrected chi connectivity index (χ1v) is 10.7. The molecule has 0 unspecified atom stereocenters. The van der Waals surface area contributed by atoms with Gasteiger partial charge in [0.25, 0.3) is 0 Å². The fraction of sp³-hybridized carbons (Fsp3) is 0.417. The van der Waals surface area contributed by atoms with Crippen molar-refractivity contribution >= 4 is 17.6 Å². The molecule has 1 aliphatic heterocycles. The number of rotatable bonds is 9. The minimum Gasteiger partial charge on any atom is -0.465 e. The van der Waals surface area contributed by atoms with Gasteiger partial charge in [-0.15, -0.1) is 0 Å². The molecule has 30 heavy (non-hydrogen) atoms. The molecule has 0 atom stereocenters. The van der Waals surface area contributed by atoms with E-state index >= 15 is 0 Å². The molecule has 0 radical (unpaired) electrons. The van der Waals surface area contributed by atoms with E-state index in [1.165, 1.54) is 10.5 Å². The highest BCUT2D eigenvalue weighted by molar-refractivity contribution is 5.98. The number of benzene rings is 2. The van der Waals surface area contributed by atoms with Crippen molar-refractivity contribution in [1.82, 2.24) is 9.80 Å². The summed E-state index contributed by atoms with van der Waals surface area (Å²) in [6.07, 6.45) is 1.04. The molecule has 160 valence electrons. The Morgan fingerprint density at radius 2 is 1.50 bits per heavy atom. The smallest absolute Gasteiger partial charge is 0.326 e. The lowest BCUT2D eigenvalue weighted by Crippen LogP contribution is -2.51. The molecular weight excluding hydrogens is 378 g/mol. The van der Waals surface area contributed by atoms with Crippen LogP contribution in [0.2, 0.25) is 0 Å². The summed E-state index contributed by atoms with van der Waals surface area (Å²) < 4.78 is 5.06. The van der Waals surface area contributed by atoms with Crippen LogP contribution in [0, 0.1) is 0 Å². The van der Waals surface area contributed by atoms with E-state index < -0.39 is 0 Å². The predicted molar refractivity (Wildman–Crippen MR) is 118 cm³/mol. The van der Waals surface area contributed by atoms with Gasteiger partial charge in [-0.05, 0) is 31.0 Å². The summed E-state index contributed by atoms with van der Waals surface area (Å²) in [5, 5.41) is 0. The molecule has 1 fully saturated rings. The van der Waals surface area contributed by atoms with Crippen molar-refractivity contribution in [2.45, 2.75) is 13.3 Å². The first-order valence-electron chi connectivity index (χ1n) is 10.7. The second kappa shape index (κ2) is 11.5. The van der Waals surface area contributed by atoms with Crippen molar-refractivity contribution in [3.63, 3.8) is 0 Å². The van der Waals surface area contributed by atoms with Crippen LogP contribution >= 0.6 is 0 Å². The van der Waals surface area contributed by atoms with Crippen LogP contribution in [0.15, 0.2) is 60.7 Å². The maximum absolute atomic E-state index is 13.0. The number of hydrogen-bond donors (Lipinski definition) is 0. The summed E-state index contributed by atoms with van der Waals surface area (Å²) in [5.74, 6) is -0.465. The molecule has 0 saturated carbocycles. The lowest BCUT2D eigenvalue weighted by molar-refractivity contribution is -0.142. The minimum atomic E-state index is -0.388. The average Bonchev–Trinajstić information content (AvgIpc) is 2.78. The Bertz CT molecular complexity index is 790. The minimum absolute atomic E-state index is 0.0618. The van der Waals surface area contributed by atoms with Crippen molar-refractivity contribution in [2.24, 2.45) is 0 Å². The highest BCUT2D eigenvalue weighted by Crippen LogP contribution is 2.15. The second-order valence-corrected chi connectivity index (χ2v) is 7.47. The highest BCUT2D eigenvalue weighted by Gasteiger charge is 2.24. The lowest BCUT2D eigenvalue weighted by Gasteiger charge is -2.35. The normalized spacial score (nSPS) is 15.0. The number of nitrogens with zero attached hydrogens (tertiary/aromatic N) is 3. The van der Waals surface area contributed by atoms with Gasteiger partial charge in [0.1, 0.15) is 6.54 Å². The summed E-state index contributed by atoms with van der Waals surface area (Å²) in [6, 6.07) is 19.8. The molecule has 3 rings (SSSR count). The third kappa shape index (κ3) is 6.68. The van der Waals surface area contributed by atoms with Gasteiger partial charge < -0.3 is 14.5 Å². The van der Waals surface area contributed by atoms with Crippen molar-refractivity contribution in [3.05, 3.63) is 66.2 Å². The largest absolute Gasteiger partial charge is 0.465 e. The average molecular weight is 410 g/mol. The summed E-state index contributed by atoms with van der Waals surface area (Å²) >= 11 is 0. The van der Waals surface area contributed by atoms with E-state index in [9.17, 15) is 9.59 Å². The number of anilines is 1. The lowest BCUT2D eigenvalue weighted by atomic mass is 10.1. The van der Waals surface area contributed by atoms with E-state index in [4.69, 9.17) is 4.74 Å². The molecule has 1 heterocycles. The van der Waals surface area contributed by atoms with E-state index in [1.54, 1.807) is 6.92 Å². The van der Waals surface area contributed by atoms with E-state index in [-0.39, 0.29) is 18.4 Å². The van der Waals surface area contributed by atoms with Crippen molar-refractivity contribution in [2.75, 3.05) is 57.3 Å². The third-order valence-corrected chi connectivity index (χ3v) is 5.34. The number of piperazine rings is 1. The molecule has 6 nitrogen and oxygen atoms in total. The first kappa shape index (κ1) is 22.0. The van der Waals surface area contributed by atoms with Gasteiger partial charge in [-0.3, -0.25) is 14.5 Å². The molecule has 0 spiro atoms. The van der Waals surface area contributed by atoms with Gasteiger partial charge >= 0.3 is 5.97 Å². The van der Waals surface area contributed by atoms with E-state index in [1.807, 2.05) is 36.4 Å². The summed E-state index contributed by atoms with van der Waals surface area (Å²) in [7, 11) is 0. The highest BCUT2D eigenvalue weighted by atomic mass is 16.5. The summed E-state index contributed by atoms with van der Waals surface area (Å²) in [5.41, 5.74) is 2.07. The number of amides is 1. The van der Waals surface area contributed by atoms with Crippen molar-refractivity contribution < 1.29 is 14.3 Å². The first-order chi connectivity index (χ1) is 14.7. The summed E-state index contributed by atoms with van der Waals surface area (Å²) in [4.78, 5) is 31.2. The Labute approximate surface area is 179 Å². The molecule has 1 saturated heterocycles. The summed E-state index contributed by atoms with van der Waals surface area (Å²) in [6.45, 7) is 6.95. The van der Waals surface area contributed by atoms with Crippen molar-refractivity contribution in [1.29, 1.82) is 0 Å². The van der Waals surface area contributed by atoms with Crippen LogP contribution < -0.4 is 4.90 Å². The Morgan fingerprint density at radius 1 is 0.900 bits per heavy atom. The third-order valence-electron chi connectivity index (χ3n) is 5.34. The van der Waals surface area contributed by atoms with Crippen molar-refractivity contribution in [3.8, 4) is 0 Å². The Kier molecular flexibility index (Phi) is 8.41. The van der Waals surface area contributed by atoms with Gasteiger partial charge in [0, 0.05) is 38.4 Å². The molecule has 0 aromatic heterocycles. The second-order valence-electron chi connectivity index (χ2n) is 7.47. The van der Waals surface area contributed by atoms with E-state index in [0.717, 1.165) is 44.8 Å². The predicted octanol–water partition coefficient (Wildman–Crippen LogP) is 2.44. The van der Waals surface area contributed by atoms with Crippen LogP contribution in [0.5, 0.6) is 0 Å². The fourth-order valence-corrected chi connectivity index (χ4v) is 3.65. The number of carbonyl (C=O) groups is 2. The molecule has 1 amide bonds. The quantitative estimate of drug-likeness (QED) is 0.596. The SMILES string of the molecule is CCOC(=O)CN(C(=O)CN1CCN(CCc2ccccc2)CC1)c1ccccc1. The van der Waals surface area contributed by atoms with Crippen LogP contribution in [-0.4, -0.2) is 74.1 Å². The standard InChI is InChI=1S/C24H31N3O3/c1-2-30-24(29)20-27(22-11-7-4-8-12-22)23(28)19-26-17-15-25(16-18-26)14-13-21-9-5-3-6-10-21/h3-12H,2,13-20H2,1H3. The molecule has 2 aromatic rings. The van der Waals surface area contributed by atoms with Gasteiger partial charge in [-0.2, -0.15) is 0 Å². The maximum Gasteiger partial charge on any atom is 0.326 e. The molecule has 0 aliphatic carbocycles. The molecule has 2 aromatic carbocycles. The van der Waals surface area contributed by atoms with Crippen LogP contribution in [0.4, 0.5) is 5.69 Å². The number of esters is 1. The zero-order chi connectivity index (χ0) is 21.2. The molecular formula is C24H31N3O3. The molecule has 1 aliphatic rings. The van der Waals surface area contributed by atoms with Gasteiger partial charge in [0.2, 0.25) is 5.91 Å². The Morgan fingerprint density at radius 3 is 2.13 bits per heavy atom. The molecule has 6 heteroatoms. The number of hydrogen-bond acceptors (Lipinski definition) is 5.